The molecule has 3 rings (SSSR count). The fraction of sp³-hybridized carbons (Fsp3) is 0.588. The van der Waals surface area contributed by atoms with E-state index in [0.29, 0.717) is 6.04 Å². The van der Waals surface area contributed by atoms with Crippen molar-refractivity contribution >= 4 is 5.91 Å². The van der Waals surface area contributed by atoms with Crippen molar-refractivity contribution < 1.29 is 9.53 Å². The van der Waals surface area contributed by atoms with Crippen LogP contribution in [0.2, 0.25) is 0 Å². The predicted molar refractivity (Wildman–Crippen MR) is 82.1 cm³/mol. The molecule has 0 bridgehead atoms. The molecule has 4 heteroatoms. The van der Waals surface area contributed by atoms with Gasteiger partial charge in [0, 0.05) is 39.6 Å². The number of likely N-dealkylation sites (N-methyl/N-ethyl adjacent to an activating group) is 1. The van der Waals surface area contributed by atoms with Crippen molar-refractivity contribution in [3.05, 3.63) is 35.9 Å². The number of hydrogen-bond acceptors (Lipinski definition) is 3. The Morgan fingerprint density at radius 1 is 1.33 bits per heavy atom. The van der Waals surface area contributed by atoms with Gasteiger partial charge >= 0.3 is 0 Å². The smallest absolute Gasteiger partial charge is 0.251 e. The Morgan fingerprint density at radius 3 is 2.81 bits per heavy atom. The molecule has 0 spiro atoms. The number of nitrogens with zero attached hydrogens (tertiary/aromatic N) is 2. The standard InChI is InChI=1S/C17H24N2O2/c1-18(2)17(20)16-12-14-15(21-16)9-11-19(14)10-8-13-6-4-3-5-7-13/h3-7,14-16H,8-12H2,1-2H3/t14-,15-,16-/m0/s1. The van der Waals surface area contributed by atoms with Crippen molar-refractivity contribution in [2.24, 2.45) is 0 Å². The van der Waals surface area contributed by atoms with E-state index in [0.717, 1.165) is 32.4 Å². The summed E-state index contributed by atoms with van der Waals surface area (Å²) < 4.78 is 5.96. The van der Waals surface area contributed by atoms with Crippen molar-refractivity contribution in [3.63, 3.8) is 0 Å². The van der Waals surface area contributed by atoms with Crippen LogP contribution in [0.3, 0.4) is 0 Å². The molecule has 2 aliphatic rings. The summed E-state index contributed by atoms with van der Waals surface area (Å²) in [5, 5.41) is 0. The van der Waals surface area contributed by atoms with Gasteiger partial charge in [0.05, 0.1) is 6.10 Å². The molecule has 1 amide bonds. The highest BCUT2D eigenvalue weighted by Gasteiger charge is 2.45. The van der Waals surface area contributed by atoms with Crippen LogP contribution in [0.5, 0.6) is 0 Å². The van der Waals surface area contributed by atoms with Gasteiger partial charge in [0.2, 0.25) is 0 Å². The molecule has 2 aliphatic heterocycles. The number of rotatable bonds is 4. The normalized spacial score (nSPS) is 28.6. The van der Waals surface area contributed by atoms with E-state index < -0.39 is 0 Å². The fourth-order valence-electron chi connectivity index (χ4n) is 3.47. The maximum Gasteiger partial charge on any atom is 0.251 e. The minimum atomic E-state index is -0.241. The van der Waals surface area contributed by atoms with Gasteiger partial charge < -0.3 is 9.64 Å². The van der Waals surface area contributed by atoms with E-state index in [2.05, 4.69) is 35.2 Å². The summed E-state index contributed by atoms with van der Waals surface area (Å²) in [5.41, 5.74) is 1.38. The second-order valence-electron chi connectivity index (χ2n) is 6.26. The first-order valence-electron chi connectivity index (χ1n) is 7.80. The van der Waals surface area contributed by atoms with Crippen LogP contribution >= 0.6 is 0 Å². The van der Waals surface area contributed by atoms with E-state index in [-0.39, 0.29) is 18.1 Å². The minimum Gasteiger partial charge on any atom is -0.363 e. The number of fused-ring (bicyclic) bond motifs is 1. The van der Waals surface area contributed by atoms with Gasteiger partial charge in [-0.25, -0.2) is 0 Å². The molecular formula is C17H24N2O2. The third-order valence-electron chi connectivity index (χ3n) is 4.64. The molecule has 3 atom stereocenters. The Labute approximate surface area is 126 Å². The second kappa shape index (κ2) is 6.16. The van der Waals surface area contributed by atoms with E-state index in [1.54, 1.807) is 19.0 Å². The van der Waals surface area contributed by atoms with Crippen molar-refractivity contribution in [3.8, 4) is 0 Å². The number of amides is 1. The van der Waals surface area contributed by atoms with Gasteiger partial charge in [0.25, 0.3) is 5.91 Å². The van der Waals surface area contributed by atoms with Crippen LogP contribution in [0.4, 0.5) is 0 Å². The molecule has 0 N–H and O–H groups in total. The summed E-state index contributed by atoms with van der Waals surface area (Å²) in [4.78, 5) is 16.2. The maximum absolute atomic E-state index is 12.0. The first-order valence-corrected chi connectivity index (χ1v) is 7.80. The Hall–Kier alpha value is -1.39. The minimum absolute atomic E-state index is 0.104. The number of carbonyl (C=O) groups is 1. The summed E-state index contributed by atoms with van der Waals surface area (Å²) in [6.45, 7) is 2.14. The zero-order chi connectivity index (χ0) is 14.8. The largest absolute Gasteiger partial charge is 0.363 e. The summed E-state index contributed by atoms with van der Waals surface area (Å²) >= 11 is 0. The average Bonchev–Trinajstić information content (AvgIpc) is 3.06. The molecular weight excluding hydrogens is 264 g/mol. The lowest BCUT2D eigenvalue weighted by Gasteiger charge is -2.23. The molecule has 2 saturated heterocycles. The fourth-order valence-corrected chi connectivity index (χ4v) is 3.47. The molecule has 4 nitrogen and oxygen atoms in total. The van der Waals surface area contributed by atoms with Gasteiger partial charge in [-0.1, -0.05) is 30.3 Å². The molecule has 0 aliphatic carbocycles. The molecule has 0 radical (unpaired) electrons. The predicted octanol–water partition coefficient (Wildman–Crippen LogP) is 1.55. The third-order valence-corrected chi connectivity index (χ3v) is 4.64. The average molecular weight is 288 g/mol. The van der Waals surface area contributed by atoms with Crippen molar-refractivity contribution in [2.45, 2.75) is 37.5 Å². The third kappa shape index (κ3) is 3.11. The number of hydrogen-bond donors (Lipinski definition) is 0. The Morgan fingerprint density at radius 2 is 2.10 bits per heavy atom. The lowest BCUT2D eigenvalue weighted by molar-refractivity contribution is -0.140. The van der Waals surface area contributed by atoms with Crippen LogP contribution in [0, 0.1) is 0 Å². The van der Waals surface area contributed by atoms with Gasteiger partial charge in [-0.2, -0.15) is 0 Å². The number of carbonyl (C=O) groups excluding carboxylic acids is 1. The maximum atomic E-state index is 12.0. The summed E-state index contributed by atoms with van der Waals surface area (Å²) in [6, 6.07) is 11.0. The van der Waals surface area contributed by atoms with Crippen LogP contribution in [-0.2, 0) is 16.0 Å². The topological polar surface area (TPSA) is 32.8 Å². The highest BCUT2D eigenvalue weighted by atomic mass is 16.5. The first-order chi connectivity index (χ1) is 10.1. The SMILES string of the molecule is CN(C)C(=O)[C@@H]1C[C@H]2[C@H](CCN2CCc2ccccc2)O1. The number of benzene rings is 1. The summed E-state index contributed by atoms with van der Waals surface area (Å²) in [7, 11) is 3.60. The van der Waals surface area contributed by atoms with Gasteiger partial charge in [-0.3, -0.25) is 9.69 Å². The van der Waals surface area contributed by atoms with Crippen LogP contribution < -0.4 is 0 Å². The van der Waals surface area contributed by atoms with Crippen LogP contribution in [0.15, 0.2) is 30.3 Å². The Bertz CT molecular complexity index is 489. The zero-order valence-corrected chi connectivity index (χ0v) is 12.9. The van der Waals surface area contributed by atoms with Crippen molar-refractivity contribution in [2.75, 3.05) is 27.2 Å². The molecule has 0 unspecified atom stereocenters. The molecule has 0 aromatic heterocycles. The molecule has 2 fully saturated rings. The number of ether oxygens (including phenoxy) is 1. The molecule has 2 heterocycles. The van der Waals surface area contributed by atoms with Crippen LogP contribution in [0.25, 0.3) is 0 Å². The lowest BCUT2D eigenvalue weighted by Crippen LogP contribution is -2.36. The van der Waals surface area contributed by atoms with E-state index in [9.17, 15) is 4.79 Å². The molecule has 21 heavy (non-hydrogen) atoms. The molecule has 1 aromatic rings. The molecule has 114 valence electrons. The monoisotopic (exact) mass is 288 g/mol. The Balaban J connectivity index is 1.56. The zero-order valence-electron chi connectivity index (χ0n) is 12.9. The van der Waals surface area contributed by atoms with E-state index in [4.69, 9.17) is 4.74 Å². The summed E-state index contributed by atoms with van der Waals surface area (Å²) in [5.74, 6) is 0.104. The van der Waals surface area contributed by atoms with E-state index in [1.807, 2.05) is 0 Å². The second-order valence-corrected chi connectivity index (χ2v) is 6.26. The van der Waals surface area contributed by atoms with Gasteiger partial charge in [0.1, 0.15) is 6.10 Å². The Kier molecular flexibility index (Phi) is 4.27. The van der Waals surface area contributed by atoms with Crippen LogP contribution in [-0.4, -0.2) is 61.1 Å². The molecule has 0 saturated carbocycles. The van der Waals surface area contributed by atoms with Gasteiger partial charge in [-0.15, -0.1) is 0 Å². The number of likely N-dealkylation sites (tertiary alicyclic amines) is 1. The first kappa shape index (κ1) is 14.5. The van der Waals surface area contributed by atoms with Crippen molar-refractivity contribution in [1.82, 2.24) is 9.80 Å². The van der Waals surface area contributed by atoms with Gasteiger partial charge in [-0.05, 0) is 18.4 Å². The van der Waals surface area contributed by atoms with Gasteiger partial charge in [0.15, 0.2) is 0 Å². The van der Waals surface area contributed by atoms with E-state index >= 15 is 0 Å². The summed E-state index contributed by atoms with van der Waals surface area (Å²) in [6.07, 6.45) is 2.97. The van der Waals surface area contributed by atoms with Crippen LogP contribution in [0.1, 0.15) is 18.4 Å². The highest BCUT2D eigenvalue weighted by molar-refractivity contribution is 5.80. The molecule has 1 aromatic carbocycles. The lowest BCUT2D eigenvalue weighted by atomic mass is 10.1. The van der Waals surface area contributed by atoms with Crippen molar-refractivity contribution in [1.29, 1.82) is 0 Å². The quantitative estimate of drug-likeness (QED) is 0.843. The highest BCUT2D eigenvalue weighted by Crippen LogP contribution is 2.33. The van der Waals surface area contributed by atoms with E-state index in [1.165, 1.54) is 5.56 Å².